The quantitative estimate of drug-likeness (QED) is 0.126. The fourth-order valence-electron chi connectivity index (χ4n) is 9.99. The van der Waals surface area contributed by atoms with Gasteiger partial charge in [-0.05, 0) is 84.5 Å². The lowest BCUT2D eigenvalue weighted by Crippen LogP contribution is -2.54. The number of H-pyrrole nitrogens is 2. The van der Waals surface area contributed by atoms with Gasteiger partial charge >= 0.3 is 12.2 Å². The smallest absolute Gasteiger partial charge is 0.407 e. The van der Waals surface area contributed by atoms with Crippen molar-refractivity contribution in [3.05, 3.63) is 72.6 Å². The van der Waals surface area contributed by atoms with Gasteiger partial charge in [-0.15, -0.1) is 0 Å². The second kappa shape index (κ2) is 15.9. The van der Waals surface area contributed by atoms with Crippen LogP contribution in [-0.2, 0) is 19.1 Å². The fraction of sp³-hybridized carbons (Fsp3) is 0.500. The van der Waals surface area contributed by atoms with Crippen LogP contribution in [0.1, 0.15) is 90.0 Å². The first-order valence-corrected chi connectivity index (χ1v) is 20.6. The fourth-order valence-corrected chi connectivity index (χ4v) is 9.99. The van der Waals surface area contributed by atoms with Gasteiger partial charge in [-0.1, -0.05) is 76.2 Å². The minimum atomic E-state index is -0.681. The average Bonchev–Trinajstić information content (AvgIpc) is 4.10. The summed E-state index contributed by atoms with van der Waals surface area (Å²) in [5.41, 5.74) is 5.88. The van der Waals surface area contributed by atoms with Crippen molar-refractivity contribution in [3.8, 4) is 33.6 Å². The van der Waals surface area contributed by atoms with Gasteiger partial charge in [0, 0.05) is 12.1 Å². The number of carbonyl (C=O) groups is 4. The number of piperidine rings is 2. The molecule has 2 aromatic heterocycles. The number of methoxy groups -OCH3 is 2. The number of carbonyl (C=O) groups excluding carboxylic acids is 4. The van der Waals surface area contributed by atoms with E-state index in [1.807, 2.05) is 49.9 Å². The van der Waals surface area contributed by atoms with Crippen molar-refractivity contribution in [1.82, 2.24) is 40.4 Å². The number of hydrogen-bond donors (Lipinski definition) is 4. The zero-order valence-electron chi connectivity index (χ0n) is 34.0. The minimum absolute atomic E-state index is 0.0933. The number of aromatic amines is 2. The topological polar surface area (TPSA) is 175 Å². The van der Waals surface area contributed by atoms with Crippen LogP contribution in [0.15, 0.2) is 60.9 Å². The molecule has 306 valence electrons. The standard InChI is InChI=1S/C44H54N8O6/c1-23(2)35(49-43(55)57-5)41(53)51-31-17-15-29(19-31)37(51)39-45-21-33(47-39)27-11-7-25(8-12-27)26-9-13-28(14-10-26)34-22-46-40(48-34)38-30-16-18-32(20-30)52(38)42(54)36(24(3)4)50-44(56)58-6/h7-14,21-24,29-32,35-38H,15-20H2,1-6H3,(H,45,47)(H,46,48)(H,49,55)(H,50,56)/t29?,30?,31?,32?,35-,36-,37?,38?/m0/s1. The third-order valence-electron chi connectivity index (χ3n) is 12.9. The van der Waals surface area contributed by atoms with Crippen molar-refractivity contribution in [2.45, 2.75) is 102 Å². The second-order valence-corrected chi connectivity index (χ2v) is 17.1. The zero-order chi connectivity index (χ0) is 40.8. The Morgan fingerprint density at radius 2 is 0.966 bits per heavy atom. The van der Waals surface area contributed by atoms with Crippen LogP contribution in [0, 0.1) is 23.7 Å². The summed E-state index contributed by atoms with van der Waals surface area (Å²) in [4.78, 5) is 72.7. The molecule has 4 heterocycles. The Kier molecular flexibility index (Phi) is 10.8. The van der Waals surface area contributed by atoms with Gasteiger partial charge in [0.05, 0.1) is 50.1 Å². The number of nitrogens with zero attached hydrogens (tertiary/aromatic N) is 4. The second-order valence-electron chi connectivity index (χ2n) is 17.1. The Bertz CT molecular complexity index is 1990. The highest BCUT2D eigenvalue weighted by Gasteiger charge is 2.53. The number of benzene rings is 2. The highest BCUT2D eigenvalue weighted by Crippen LogP contribution is 2.51. The number of rotatable bonds is 11. The molecule has 6 unspecified atom stereocenters. The summed E-state index contributed by atoms with van der Waals surface area (Å²) >= 11 is 0. The molecule has 8 atom stereocenters. The van der Waals surface area contributed by atoms with Crippen LogP contribution in [0.5, 0.6) is 0 Å². The molecule has 58 heavy (non-hydrogen) atoms. The largest absolute Gasteiger partial charge is 0.453 e. The molecule has 4 N–H and O–H groups in total. The van der Waals surface area contributed by atoms with E-state index in [0.717, 1.165) is 83.8 Å². The third-order valence-corrected chi connectivity index (χ3v) is 12.9. The highest BCUT2D eigenvalue weighted by molar-refractivity contribution is 5.88. The molecule has 4 fully saturated rings. The van der Waals surface area contributed by atoms with Crippen molar-refractivity contribution >= 4 is 24.0 Å². The molecule has 2 saturated carbocycles. The maximum Gasteiger partial charge on any atom is 0.407 e. The van der Waals surface area contributed by atoms with Crippen LogP contribution in [0.4, 0.5) is 9.59 Å². The predicted octanol–water partition coefficient (Wildman–Crippen LogP) is 7.00. The van der Waals surface area contributed by atoms with E-state index >= 15 is 0 Å². The summed E-state index contributed by atoms with van der Waals surface area (Å²) in [5.74, 6) is 1.78. The molecule has 8 rings (SSSR count). The van der Waals surface area contributed by atoms with Crippen LogP contribution >= 0.6 is 0 Å². The van der Waals surface area contributed by atoms with E-state index in [2.05, 4.69) is 69.1 Å². The molecular formula is C44H54N8O6. The molecule has 4 amide bonds. The number of nitrogens with one attached hydrogen (secondary N) is 4. The number of ether oxygens (including phenoxy) is 2. The third kappa shape index (κ3) is 7.21. The molecule has 4 aliphatic rings. The molecular weight excluding hydrogens is 737 g/mol. The highest BCUT2D eigenvalue weighted by atomic mass is 16.5. The number of hydrogen-bond acceptors (Lipinski definition) is 8. The Balaban J connectivity index is 0.951. The van der Waals surface area contributed by atoms with Crippen molar-refractivity contribution in [2.24, 2.45) is 23.7 Å². The van der Waals surface area contributed by atoms with Gasteiger partial charge in [0.1, 0.15) is 23.7 Å². The lowest BCUT2D eigenvalue weighted by Gasteiger charge is -2.37. The molecule has 4 bridgehead atoms. The Morgan fingerprint density at radius 3 is 1.31 bits per heavy atom. The SMILES string of the molecule is COC(=O)N[C@H](C(=O)N1C2CCC(C2)C1c1ncc(-c2ccc(-c3ccc(-c4cnc(C5C6CCC(C6)N5C(=O)[C@@H](NC(=O)OC)C(C)C)[nH]4)cc3)cc2)[nH]1)C(C)C. The van der Waals surface area contributed by atoms with Crippen molar-refractivity contribution in [3.63, 3.8) is 0 Å². The van der Waals surface area contributed by atoms with Crippen molar-refractivity contribution in [1.29, 1.82) is 0 Å². The summed E-state index contributed by atoms with van der Waals surface area (Å²) in [5, 5.41) is 5.51. The van der Waals surface area contributed by atoms with Crippen LogP contribution in [0.3, 0.4) is 0 Å². The summed E-state index contributed by atoms with van der Waals surface area (Å²) in [7, 11) is 2.61. The first kappa shape index (κ1) is 39.2. The van der Waals surface area contributed by atoms with Crippen molar-refractivity contribution in [2.75, 3.05) is 14.2 Å². The van der Waals surface area contributed by atoms with Gasteiger partial charge < -0.3 is 39.9 Å². The van der Waals surface area contributed by atoms with E-state index in [-0.39, 0.29) is 47.8 Å². The molecule has 2 aromatic carbocycles. The Hall–Kier alpha value is -5.66. The molecule has 0 radical (unpaired) electrons. The monoisotopic (exact) mass is 790 g/mol. The van der Waals surface area contributed by atoms with Crippen LogP contribution < -0.4 is 10.6 Å². The minimum Gasteiger partial charge on any atom is -0.453 e. The molecule has 14 nitrogen and oxygen atoms in total. The van der Waals surface area contributed by atoms with Gasteiger partial charge in [0.25, 0.3) is 0 Å². The summed E-state index contributed by atoms with van der Waals surface area (Å²) in [6.45, 7) is 7.71. The van der Waals surface area contributed by atoms with Gasteiger partial charge in [0.2, 0.25) is 11.8 Å². The zero-order valence-corrected chi connectivity index (χ0v) is 34.0. The number of likely N-dealkylation sites (tertiary alicyclic amines) is 2. The van der Waals surface area contributed by atoms with Gasteiger partial charge in [-0.3, -0.25) is 9.59 Å². The molecule has 2 saturated heterocycles. The lowest BCUT2D eigenvalue weighted by molar-refractivity contribution is -0.140. The van der Waals surface area contributed by atoms with E-state index in [9.17, 15) is 19.2 Å². The van der Waals surface area contributed by atoms with Crippen LogP contribution in [-0.4, -0.2) is 92.1 Å². The molecule has 0 spiro atoms. The number of fused-ring (bicyclic) bond motifs is 4. The molecule has 14 heteroatoms. The first-order chi connectivity index (χ1) is 27.9. The summed E-state index contributed by atoms with van der Waals surface area (Å²) < 4.78 is 9.64. The Labute approximate surface area is 338 Å². The summed E-state index contributed by atoms with van der Waals surface area (Å²) in [6.07, 6.45) is 8.31. The van der Waals surface area contributed by atoms with Gasteiger partial charge in [-0.2, -0.15) is 0 Å². The molecule has 2 aliphatic carbocycles. The maximum atomic E-state index is 13.9. The van der Waals surface area contributed by atoms with Gasteiger partial charge in [0.15, 0.2) is 0 Å². The molecule has 4 aromatic rings. The first-order valence-electron chi connectivity index (χ1n) is 20.6. The number of alkyl carbamates (subject to hydrolysis) is 2. The number of amides is 4. The van der Waals surface area contributed by atoms with E-state index in [4.69, 9.17) is 19.4 Å². The van der Waals surface area contributed by atoms with Crippen molar-refractivity contribution < 1.29 is 28.7 Å². The predicted molar refractivity (Wildman–Crippen MR) is 217 cm³/mol. The van der Waals surface area contributed by atoms with Crippen LogP contribution in [0.25, 0.3) is 33.6 Å². The van der Waals surface area contributed by atoms with E-state index in [1.54, 1.807) is 0 Å². The maximum absolute atomic E-state index is 13.9. The van der Waals surface area contributed by atoms with E-state index < -0.39 is 24.3 Å². The van der Waals surface area contributed by atoms with Crippen LogP contribution in [0.2, 0.25) is 0 Å². The Morgan fingerprint density at radius 1 is 0.603 bits per heavy atom. The number of aromatic nitrogens is 4. The van der Waals surface area contributed by atoms with Gasteiger partial charge in [-0.25, -0.2) is 19.6 Å². The lowest BCUT2D eigenvalue weighted by atomic mass is 9.95. The normalized spacial score (nSPS) is 24.3. The van der Waals surface area contributed by atoms with E-state index in [0.29, 0.717) is 11.8 Å². The number of imidazole rings is 2. The molecule has 2 aliphatic heterocycles. The average molecular weight is 791 g/mol. The summed E-state index contributed by atoms with van der Waals surface area (Å²) in [6, 6.07) is 15.2. The van der Waals surface area contributed by atoms with E-state index in [1.165, 1.54) is 14.2 Å².